The maximum Gasteiger partial charge on any atom is 0.202 e. The van der Waals surface area contributed by atoms with Crippen molar-refractivity contribution in [1.29, 1.82) is 5.26 Å². The molecule has 0 atom stereocenters. The van der Waals surface area contributed by atoms with Crippen LogP contribution in [0.5, 0.6) is 0 Å². The molecule has 0 radical (unpaired) electrons. The van der Waals surface area contributed by atoms with Gasteiger partial charge in [-0.25, -0.2) is 0 Å². The van der Waals surface area contributed by atoms with Crippen LogP contribution < -0.4 is 0 Å². The Balaban J connectivity index is 2.32. The summed E-state index contributed by atoms with van der Waals surface area (Å²) in [6.45, 7) is 2.00. The highest BCUT2D eigenvalue weighted by Crippen LogP contribution is 2.27. The van der Waals surface area contributed by atoms with E-state index in [-0.39, 0.29) is 5.78 Å². The monoisotopic (exact) mass is 281 g/mol. The summed E-state index contributed by atoms with van der Waals surface area (Å²) in [6.07, 6.45) is 6.50. The lowest BCUT2D eigenvalue weighted by atomic mass is 10.1. The van der Waals surface area contributed by atoms with Crippen LogP contribution in [0.25, 0.3) is 10.1 Å². The molecule has 0 spiro atoms. The van der Waals surface area contributed by atoms with Crippen molar-refractivity contribution >= 4 is 27.2 Å². The molecule has 0 aliphatic carbocycles. The van der Waals surface area contributed by atoms with Crippen molar-refractivity contribution in [2.45, 2.75) is 19.8 Å². The second-order valence-electron chi connectivity index (χ2n) is 4.31. The Morgan fingerprint density at radius 1 is 1.40 bits per heavy atom. The van der Waals surface area contributed by atoms with E-state index in [0.717, 1.165) is 21.4 Å². The number of rotatable bonds is 5. The average Bonchev–Trinajstić information content (AvgIpc) is 2.89. The average molecular weight is 281 g/mol. The predicted octanol–water partition coefficient (Wildman–Crippen LogP) is 4.89. The predicted molar refractivity (Wildman–Crippen MR) is 83.9 cm³/mol. The number of carbonyl (C=O) groups excluding carboxylic acids is 1. The van der Waals surface area contributed by atoms with E-state index in [9.17, 15) is 4.79 Å². The summed E-state index contributed by atoms with van der Waals surface area (Å²) >= 11 is 1.51. The normalized spacial score (nSPS) is 11.9. The second-order valence-corrected chi connectivity index (χ2v) is 5.39. The first kappa shape index (κ1) is 14.2. The first-order valence-corrected chi connectivity index (χ1v) is 7.35. The molecular weight excluding hydrogens is 266 g/mol. The van der Waals surface area contributed by atoms with Crippen LogP contribution in [-0.4, -0.2) is 5.78 Å². The molecule has 1 aromatic heterocycles. The Hall–Kier alpha value is -2.18. The maximum atomic E-state index is 12.5. The van der Waals surface area contributed by atoms with E-state index in [1.807, 2.05) is 49.4 Å². The van der Waals surface area contributed by atoms with Crippen LogP contribution in [0.4, 0.5) is 0 Å². The van der Waals surface area contributed by atoms with E-state index < -0.39 is 0 Å². The molecule has 2 aromatic rings. The summed E-state index contributed by atoms with van der Waals surface area (Å²) < 4.78 is 1.12. The lowest BCUT2D eigenvalue weighted by Gasteiger charge is -1.98. The molecule has 2 rings (SSSR count). The summed E-state index contributed by atoms with van der Waals surface area (Å²) in [5.74, 6) is 0.0299. The first-order valence-electron chi connectivity index (χ1n) is 6.53. The smallest absolute Gasteiger partial charge is 0.202 e. The van der Waals surface area contributed by atoms with Crippen molar-refractivity contribution in [1.82, 2.24) is 0 Å². The number of benzene rings is 1. The molecule has 0 fully saturated rings. The van der Waals surface area contributed by atoms with E-state index in [0.29, 0.717) is 12.0 Å². The van der Waals surface area contributed by atoms with Gasteiger partial charge < -0.3 is 0 Å². The highest BCUT2D eigenvalue weighted by Gasteiger charge is 2.12. The van der Waals surface area contributed by atoms with E-state index >= 15 is 0 Å². The van der Waals surface area contributed by atoms with Crippen molar-refractivity contribution in [3.63, 3.8) is 0 Å². The summed E-state index contributed by atoms with van der Waals surface area (Å²) in [6, 6.07) is 12.0. The molecule has 0 aliphatic rings. The maximum absolute atomic E-state index is 12.5. The molecule has 1 heterocycles. The standard InChI is InChI=1S/C17H15NOS/c1-2-7-13(8-5-6-11-18)17(19)16-12-14-9-3-4-10-15(14)20-16/h3-5,7-10,12H,2,6H2,1H3/b8-5-,13-7+. The third-order valence-corrected chi connectivity index (χ3v) is 3.96. The highest BCUT2D eigenvalue weighted by molar-refractivity contribution is 7.21. The van der Waals surface area contributed by atoms with Gasteiger partial charge in [-0.3, -0.25) is 4.79 Å². The number of carbonyl (C=O) groups is 1. The molecule has 0 bridgehead atoms. The van der Waals surface area contributed by atoms with Gasteiger partial charge in [0.2, 0.25) is 5.78 Å². The summed E-state index contributed by atoms with van der Waals surface area (Å²) in [5.41, 5.74) is 0.661. The van der Waals surface area contributed by atoms with Gasteiger partial charge in [-0.1, -0.05) is 43.4 Å². The SMILES string of the molecule is CC/C=C(\C=C/CC#N)C(=O)c1cc2ccccc2s1. The van der Waals surface area contributed by atoms with Crippen molar-refractivity contribution in [3.05, 3.63) is 59.0 Å². The van der Waals surface area contributed by atoms with Gasteiger partial charge in [0.05, 0.1) is 17.4 Å². The van der Waals surface area contributed by atoms with Crippen molar-refractivity contribution in [2.75, 3.05) is 0 Å². The molecule has 100 valence electrons. The first-order chi connectivity index (χ1) is 9.76. The molecule has 1 aromatic carbocycles. The minimum atomic E-state index is 0.0299. The van der Waals surface area contributed by atoms with Gasteiger partial charge in [0.15, 0.2) is 0 Å². The van der Waals surface area contributed by atoms with Crippen LogP contribution in [0, 0.1) is 11.3 Å². The molecule has 0 N–H and O–H groups in total. The number of nitriles is 1. The van der Waals surface area contributed by atoms with Crippen molar-refractivity contribution in [2.24, 2.45) is 0 Å². The Labute approximate surface area is 122 Å². The van der Waals surface area contributed by atoms with Crippen LogP contribution in [0.1, 0.15) is 29.4 Å². The van der Waals surface area contributed by atoms with Crippen LogP contribution in [0.15, 0.2) is 54.1 Å². The minimum Gasteiger partial charge on any atom is -0.288 e. The second kappa shape index (κ2) is 6.83. The van der Waals surface area contributed by atoms with Crippen LogP contribution >= 0.6 is 11.3 Å². The molecule has 3 heteroatoms. The fraction of sp³-hybridized carbons (Fsp3) is 0.176. The Kier molecular flexibility index (Phi) is 4.86. The summed E-state index contributed by atoms with van der Waals surface area (Å²) in [5, 5.41) is 9.65. The lowest BCUT2D eigenvalue weighted by molar-refractivity contribution is 0.104. The zero-order valence-electron chi connectivity index (χ0n) is 11.3. The Morgan fingerprint density at radius 2 is 2.20 bits per heavy atom. The van der Waals surface area contributed by atoms with Crippen LogP contribution in [0.3, 0.4) is 0 Å². The van der Waals surface area contributed by atoms with Gasteiger partial charge in [0.1, 0.15) is 0 Å². The van der Waals surface area contributed by atoms with E-state index in [4.69, 9.17) is 5.26 Å². The molecular formula is C17H15NOS. The zero-order valence-corrected chi connectivity index (χ0v) is 12.1. The minimum absolute atomic E-state index is 0.0299. The molecule has 0 aliphatic heterocycles. The number of nitrogens with zero attached hydrogens (tertiary/aromatic N) is 1. The number of hydrogen-bond donors (Lipinski definition) is 0. The Morgan fingerprint density at radius 3 is 2.90 bits per heavy atom. The third-order valence-electron chi connectivity index (χ3n) is 2.84. The highest BCUT2D eigenvalue weighted by atomic mass is 32.1. The van der Waals surface area contributed by atoms with Gasteiger partial charge in [-0.2, -0.15) is 5.26 Å². The number of hydrogen-bond acceptors (Lipinski definition) is 3. The zero-order chi connectivity index (χ0) is 14.4. The summed E-state index contributed by atoms with van der Waals surface area (Å²) in [4.78, 5) is 13.2. The summed E-state index contributed by atoms with van der Waals surface area (Å²) in [7, 11) is 0. The fourth-order valence-corrected chi connectivity index (χ4v) is 2.96. The molecule has 0 saturated carbocycles. The van der Waals surface area contributed by atoms with Gasteiger partial charge >= 0.3 is 0 Å². The van der Waals surface area contributed by atoms with Gasteiger partial charge in [0, 0.05) is 10.3 Å². The van der Waals surface area contributed by atoms with Crippen molar-refractivity contribution < 1.29 is 4.79 Å². The molecule has 0 amide bonds. The van der Waals surface area contributed by atoms with E-state index in [1.165, 1.54) is 11.3 Å². The number of thiophene rings is 1. The van der Waals surface area contributed by atoms with Gasteiger partial charge in [-0.05, 0) is 23.9 Å². The van der Waals surface area contributed by atoms with E-state index in [2.05, 4.69) is 0 Å². The Bertz CT molecular complexity index is 683. The molecule has 0 saturated heterocycles. The quantitative estimate of drug-likeness (QED) is 0.445. The molecule has 2 nitrogen and oxygen atoms in total. The fourth-order valence-electron chi connectivity index (χ4n) is 1.93. The number of fused-ring (bicyclic) bond motifs is 1. The molecule has 20 heavy (non-hydrogen) atoms. The topological polar surface area (TPSA) is 40.9 Å². The lowest BCUT2D eigenvalue weighted by Crippen LogP contribution is -1.98. The number of ketones is 1. The number of Topliss-reactive ketones (excluding diaryl/α,β-unsaturated/α-hetero) is 1. The third kappa shape index (κ3) is 3.23. The largest absolute Gasteiger partial charge is 0.288 e. The molecule has 0 unspecified atom stereocenters. The van der Waals surface area contributed by atoms with Gasteiger partial charge in [-0.15, -0.1) is 11.3 Å². The number of allylic oxidation sites excluding steroid dienone is 4. The van der Waals surface area contributed by atoms with Crippen molar-refractivity contribution in [3.8, 4) is 6.07 Å². The van der Waals surface area contributed by atoms with Gasteiger partial charge in [0.25, 0.3) is 0 Å². The van der Waals surface area contributed by atoms with Crippen LogP contribution in [0.2, 0.25) is 0 Å². The van der Waals surface area contributed by atoms with E-state index in [1.54, 1.807) is 12.2 Å². The van der Waals surface area contributed by atoms with Crippen LogP contribution in [-0.2, 0) is 0 Å².